The van der Waals surface area contributed by atoms with Crippen LogP contribution in [0.4, 0.5) is 4.79 Å². The summed E-state index contributed by atoms with van der Waals surface area (Å²) in [6.07, 6.45) is 0.335. The lowest BCUT2D eigenvalue weighted by atomic mass is 9.87. The first kappa shape index (κ1) is 14.3. The van der Waals surface area contributed by atoms with Gasteiger partial charge in [-0.2, -0.15) is 0 Å². The molecule has 2 N–H and O–H groups in total. The molecule has 0 radical (unpaired) electrons. The molecule has 5 nitrogen and oxygen atoms in total. The average molecular weight is 244 g/mol. The topological polar surface area (TPSA) is 61.8 Å². The van der Waals surface area contributed by atoms with Crippen LogP contribution in [0, 0.1) is 5.41 Å². The first-order valence-electron chi connectivity index (χ1n) is 6.19. The van der Waals surface area contributed by atoms with Crippen LogP contribution in [-0.2, 0) is 4.74 Å². The van der Waals surface area contributed by atoms with E-state index in [1.54, 1.807) is 11.8 Å². The van der Waals surface area contributed by atoms with Gasteiger partial charge in [0.1, 0.15) is 0 Å². The number of amides is 2. The van der Waals surface area contributed by atoms with E-state index in [1.165, 1.54) is 0 Å². The molecule has 0 aliphatic carbocycles. The van der Waals surface area contributed by atoms with Crippen LogP contribution in [0.5, 0.6) is 0 Å². The van der Waals surface area contributed by atoms with Crippen molar-refractivity contribution in [2.45, 2.75) is 33.3 Å². The fraction of sp³-hybridized carbons (Fsp3) is 0.917. The van der Waals surface area contributed by atoms with Crippen molar-refractivity contribution < 1.29 is 14.6 Å². The van der Waals surface area contributed by atoms with Gasteiger partial charge in [0.15, 0.2) is 0 Å². The van der Waals surface area contributed by atoms with E-state index in [1.807, 2.05) is 13.8 Å². The third kappa shape index (κ3) is 5.37. The lowest BCUT2D eigenvalue weighted by Crippen LogP contribution is -2.48. The Kier molecular flexibility index (Phi) is 5.21. The van der Waals surface area contributed by atoms with E-state index < -0.39 is 0 Å². The third-order valence-electron chi connectivity index (χ3n) is 2.86. The van der Waals surface area contributed by atoms with E-state index >= 15 is 0 Å². The summed E-state index contributed by atoms with van der Waals surface area (Å²) in [5.74, 6) is 0. The number of urea groups is 1. The summed E-state index contributed by atoms with van der Waals surface area (Å²) in [6.45, 7) is 8.97. The van der Waals surface area contributed by atoms with Crippen molar-refractivity contribution in [1.29, 1.82) is 0 Å². The van der Waals surface area contributed by atoms with Gasteiger partial charge < -0.3 is 20.1 Å². The largest absolute Gasteiger partial charge is 0.393 e. The summed E-state index contributed by atoms with van der Waals surface area (Å²) in [7, 11) is 0. The number of hydrogen-bond acceptors (Lipinski definition) is 3. The summed E-state index contributed by atoms with van der Waals surface area (Å²) >= 11 is 0. The molecular formula is C12H24N2O3. The van der Waals surface area contributed by atoms with Crippen LogP contribution in [0.15, 0.2) is 0 Å². The number of ether oxygens (including phenoxy) is 1. The Hall–Kier alpha value is -0.810. The normalized spacial score (nSPS) is 18.9. The average Bonchev–Trinajstić information content (AvgIpc) is 2.25. The van der Waals surface area contributed by atoms with Gasteiger partial charge in [-0.15, -0.1) is 0 Å². The van der Waals surface area contributed by atoms with Crippen LogP contribution >= 0.6 is 0 Å². The molecule has 1 unspecified atom stereocenters. The third-order valence-corrected chi connectivity index (χ3v) is 2.86. The lowest BCUT2D eigenvalue weighted by molar-refractivity contribution is 0.0520. The van der Waals surface area contributed by atoms with Crippen LogP contribution < -0.4 is 5.32 Å². The van der Waals surface area contributed by atoms with Gasteiger partial charge in [-0.25, -0.2) is 4.79 Å². The fourth-order valence-corrected chi connectivity index (χ4v) is 2.07. The van der Waals surface area contributed by atoms with Crippen molar-refractivity contribution in [1.82, 2.24) is 10.2 Å². The van der Waals surface area contributed by atoms with E-state index in [0.29, 0.717) is 39.3 Å². The number of aliphatic hydroxyl groups excluding tert-OH is 1. The predicted molar refractivity (Wildman–Crippen MR) is 65.9 cm³/mol. The SMILES string of the molecule is CC(O)CC(C)(C)CNC(=O)N1CCOCC1. The number of carbonyl (C=O) groups excluding carboxylic acids is 1. The first-order chi connectivity index (χ1) is 7.91. The number of aliphatic hydroxyl groups is 1. The van der Waals surface area contributed by atoms with Gasteiger partial charge in [0.25, 0.3) is 0 Å². The van der Waals surface area contributed by atoms with Crippen LogP contribution in [0.3, 0.4) is 0 Å². The maximum atomic E-state index is 11.8. The minimum atomic E-state index is -0.342. The van der Waals surface area contributed by atoms with E-state index in [0.717, 1.165) is 0 Å². The van der Waals surface area contributed by atoms with Crippen molar-refractivity contribution in [3.05, 3.63) is 0 Å². The number of rotatable bonds is 4. The minimum Gasteiger partial charge on any atom is -0.393 e. The second-order valence-corrected chi connectivity index (χ2v) is 5.48. The Balaban J connectivity index is 2.31. The standard InChI is InChI=1S/C12H24N2O3/c1-10(15)8-12(2,3)9-13-11(16)14-4-6-17-7-5-14/h10,15H,4-9H2,1-3H3,(H,13,16). The van der Waals surface area contributed by atoms with Gasteiger partial charge in [-0.3, -0.25) is 0 Å². The number of morpholine rings is 1. The first-order valence-corrected chi connectivity index (χ1v) is 6.19. The zero-order valence-electron chi connectivity index (χ0n) is 11.0. The maximum absolute atomic E-state index is 11.8. The van der Waals surface area contributed by atoms with Crippen LogP contribution in [0.1, 0.15) is 27.2 Å². The molecule has 1 aliphatic rings. The molecule has 100 valence electrons. The maximum Gasteiger partial charge on any atom is 0.317 e. The van der Waals surface area contributed by atoms with Gasteiger partial charge in [-0.1, -0.05) is 13.8 Å². The molecule has 2 amide bonds. The Bertz CT molecular complexity index is 248. The van der Waals surface area contributed by atoms with Crippen molar-refractivity contribution in [3.63, 3.8) is 0 Å². The van der Waals surface area contributed by atoms with Crippen molar-refractivity contribution >= 4 is 6.03 Å². The van der Waals surface area contributed by atoms with E-state index in [4.69, 9.17) is 4.74 Å². The summed E-state index contributed by atoms with van der Waals surface area (Å²) in [5.41, 5.74) is -0.0872. The van der Waals surface area contributed by atoms with Crippen molar-refractivity contribution in [2.75, 3.05) is 32.8 Å². The van der Waals surface area contributed by atoms with Crippen LogP contribution in [0.25, 0.3) is 0 Å². The van der Waals surface area contributed by atoms with E-state index in [-0.39, 0.29) is 17.6 Å². The molecule has 17 heavy (non-hydrogen) atoms. The molecule has 1 fully saturated rings. The summed E-state index contributed by atoms with van der Waals surface area (Å²) < 4.78 is 5.19. The highest BCUT2D eigenvalue weighted by atomic mass is 16.5. The van der Waals surface area contributed by atoms with Gasteiger partial charge in [0.05, 0.1) is 19.3 Å². The van der Waals surface area contributed by atoms with Gasteiger partial charge in [0.2, 0.25) is 0 Å². The zero-order valence-corrected chi connectivity index (χ0v) is 11.0. The molecule has 0 aromatic carbocycles. The Morgan fingerprint density at radius 3 is 2.59 bits per heavy atom. The quantitative estimate of drug-likeness (QED) is 0.770. The molecular weight excluding hydrogens is 220 g/mol. The molecule has 0 aromatic rings. The highest BCUT2D eigenvalue weighted by molar-refractivity contribution is 5.74. The highest BCUT2D eigenvalue weighted by Crippen LogP contribution is 2.21. The second kappa shape index (κ2) is 6.21. The molecule has 1 rings (SSSR count). The Labute approximate surface area is 103 Å². The molecule has 1 heterocycles. The number of carbonyl (C=O) groups is 1. The number of hydrogen-bond donors (Lipinski definition) is 2. The monoisotopic (exact) mass is 244 g/mol. The second-order valence-electron chi connectivity index (χ2n) is 5.48. The molecule has 1 aliphatic heterocycles. The summed E-state index contributed by atoms with van der Waals surface area (Å²) in [6, 6.07) is -0.0352. The fourth-order valence-electron chi connectivity index (χ4n) is 2.07. The Morgan fingerprint density at radius 2 is 2.06 bits per heavy atom. The van der Waals surface area contributed by atoms with Crippen LogP contribution in [-0.4, -0.2) is 55.0 Å². The molecule has 0 aromatic heterocycles. The molecule has 0 spiro atoms. The predicted octanol–water partition coefficient (Wildman–Crippen LogP) is 0.825. The zero-order chi connectivity index (χ0) is 12.9. The van der Waals surface area contributed by atoms with Gasteiger partial charge in [0, 0.05) is 19.6 Å². The van der Waals surface area contributed by atoms with Crippen LogP contribution in [0.2, 0.25) is 0 Å². The molecule has 1 atom stereocenters. The minimum absolute atomic E-state index is 0.0352. The molecule has 0 saturated carbocycles. The van der Waals surface area contributed by atoms with E-state index in [2.05, 4.69) is 5.32 Å². The molecule has 1 saturated heterocycles. The van der Waals surface area contributed by atoms with E-state index in [9.17, 15) is 9.90 Å². The summed E-state index contributed by atoms with van der Waals surface area (Å²) in [4.78, 5) is 13.6. The van der Waals surface area contributed by atoms with Crippen molar-refractivity contribution in [3.8, 4) is 0 Å². The molecule has 0 bridgehead atoms. The lowest BCUT2D eigenvalue weighted by Gasteiger charge is -2.30. The number of nitrogens with zero attached hydrogens (tertiary/aromatic N) is 1. The molecule has 5 heteroatoms. The van der Waals surface area contributed by atoms with Gasteiger partial charge in [-0.05, 0) is 18.8 Å². The highest BCUT2D eigenvalue weighted by Gasteiger charge is 2.23. The van der Waals surface area contributed by atoms with Crippen molar-refractivity contribution in [2.24, 2.45) is 5.41 Å². The summed E-state index contributed by atoms with van der Waals surface area (Å²) in [5, 5.41) is 12.3. The number of nitrogens with one attached hydrogen (secondary N) is 1. The van der Waals surface area contributed by atoms with Gasteiger partial charge >= 0.3 is 6.03 Å². The smallest absolute Gasteiger partial charge is 0.317 e. The Morgan fingerprint density at radius 1 is 1.47 bits per heavy atom.